The molecular weight excluding hydrogens is 266 g/mol. The number of ether oxygens (including phenoxy) is 1. The van der Waals surface area contributed by atoms with Crippen LogP contribution in [0.15, 0.2) is 18.2 Å². The Bertz CT molecular complexity index is 486. The number of carbonyl (C=O) groups excluding carboxylic acids is 1. The van der Waals surface area contributed by atoms with Crippen molar-refractivity contribution in [1.82, 2.24) is 4.90 Å². The lowest BCUT2D eigenvalue weighted by atomic mass is 10.1. The molecule has 1 aromatic carbocycles. The molecule has 3 N–H and O–H groups in total. The summed E-state index contributed by atoms with van der Waals surface area (Å²) >= 11 is 0. The van der Waals surface area contributed by atoms with Gasteiger partial charge in [-0.25, -0.2) is 4.79 Å². The third-order valence-corrected chi connectivity index (χ3v) is 3.72. The number of anilines is 2. The molecule has 1 aliphatic carbocycles. The maximum Gasteiger partial charge on any atom is 0.340 e. The number of hydrogen-bond acceptors (Lipinski definition) is 5. The zero-order valence-electron chi connectivity index (χ0n) is 12.9. The first-order chi connectivity index (χ1) is 10.2. The van der Waals surface area contributed by atoms with Gasteiger partial charge in [-0.3, -0.25) is 4.90 Å². The molecule has 0 spiro atoms. The van der Waals surface area contributed by atoms with Gasteiger partial charge in [-0.15, -0.1) is 0 Å². The van der Waals surface area contributed by atoms with Crippen molar-refractivity contribution in [3.63, 3.8) is 0 Å². The molecule has 21 heavy (non-hydrogen) atoms. The molecule has 5 nitrogen and oxygen atoms in total. The minimum Gasteiger partial charge on any atom is -0.462 e. The number of nitrogen functional groups attached to an aromatic ring is 1. The van der Waals surface area contributed by atoms with E-state index in [-0.39, 0.29) is 5.97 Å². The third kappa shape index (κ3) is 4.36. The van der Waals surface area contributed by atoms with Crippen LogP contribution in [0.5, 0.6) is 0 Å². The molecule has 1 fully saturated rings. The summed E-state index contributed by atoms with van der Waals surface area (Å²) in [6.07, 6.45) is 2.62. The van der Waals surface area contributed by atoms with Gasteiger partial charge in [0.25, 0.3) is 0 Å². The zero-order valence-corrected chi connectivity index (χ0v) is 12.9. The minimum absolute atomic E-state index is 0.332. The van der Waals surface area contributed by atoms with E-state index in [4.69, 9.17) is 10.5 Å². The summed E-state index contributed by atoms with van der Waals surface area (Å²) < 4.78 is 5.08. The van der Waals surface area contributed by atoms with Gasteiger partial charge in [0.05, 0.1) is 12.2 Å². The van der Waals surface area contributed by atoms with Crippen LogP contribution in [0.2, 0.25) is 0 Å². The maximum atomic E-state index is 12.0. The fourth-order valence-electron chi connectivity index (χ4n) is 2.47. The number of nitrogens with zero attached hydrogens (tertiary/aromatic N) is 1. The third-order valence-electron chi connectivity index (χ3n) is 3.72. The van der Waals surface area contributed by atoms with E-state index in [1.807, 2.05) is 6.07 Å². The first-order valence-electron chi connectivity index (χ1n) is 7.70. The Balaban J connectivity index is 1.96. The van der Waals surface area contributed by atoms with Gasteiger partial charge in [-0.05, 0) is 44.5 Å². The van der Waals surface area contributed by atoms with Crippen molar-refractivity contribution < 1.29 is 9.53 Å². The van der Waals surface area contributed by atoms with E-state index < -0.39 is 0 Å². The van der Waals surface area contributed by atoms with E-state index in [9.17, 15) is 4.79 Å². The van der Waals surface area contributed by atoms with Gasteiger partial charge in [0.15, 0.2) is 0 Å². The Morgan fingerprint density at radius 1 is 1.43 bits per heavy atom. The number of nitrogens with one attached hydrogen (secondary N) is 1. The Morgan fingerprint density at radius 2 is 2.19 bits per heavy atom. The SMILES string of the molecule is CCOC(=O)c1cc(N)ccc1NCCN(CC)C1CC1. The summed E-state index contributed by atoms with van der Waals surface area (Å²) in [5.41, 5.74) is 7.62. The Labute approximate surface area is 126 Å². The van der Waals surface area contributed by atoms with Gasteiger partial charge in [-0.2, -0.15) is 0 Å². The minimum atomic E-state index is -0.332. The van der Waals surface area contributed by atoms with E-state index in [2.05, 4.69) is 17.1 Å². The number of likely N-dealkylation sites (N-methyl/N-ethyl adjacent to an activating group) is 1. The number of hydrogen-bond donors (Lipinski definition) is 2. The molecule has 0 aromatic heterocycles. The molecular formula is C16H25N3O2. The van der Waals surface area contributed by atoms with Crippen LogP contribution >= 0.6 is 0 Å². The number of rotatable bonds is 8. The van der Waals surface area contributed by atoms with Crippen LogP contribution in [0.3, 0.4) is 0 Å². The molecule has 0 heterocycles. The van der Waals surface area contributed by atoms with Crippen molar-refractivity contribution in [3.8, 4) is 0 Å². The predicted molar refractivity (Wildman–Crippen MR) is 85.6 cm³/mol. The maximum absolute atomic E-state index is 12.0. The molecule has 0 atom stereocenters. The molecule has 2 rings (SSSR count). The first-order valence-corrected chi connectivity index (χ1v) is 7.70. The molecule has 0 radical (unpaired) electrons. The van der Waals surface area contributed by atoms with Crippen LogP contribution in [0, 0.1) is 0 Å². The quantitative estimate of drug-likeness (QED) is 0.568. The largest absolute Gasteiger partial charge is 0.462 e. The Hall–Kier alpha value is -1.75. The van der Waals surface area contributed by atoms with Gasteiger partial charge >= 0.3 is 5.97 Å². The average molecular weight is 291 g/mol. The summed E-state index contributed by atoms with van der Waals surface area (Å²) in [6.45, 7) is 7.20. The number of nitrogens with two attached hydrogens (primary N) is 1. The highest BCUT2D eigenvalue weighted by atomic mass is 16.5. The summed E-state index contributed by atoms with van der Waals surface area (Å²) in [7, 11) is 0. The van der Waals surface area contributed by atoms with Crippen LogP contribution in [0.25, 0.3) is 0 Å². The van der Waals surface area contributed by atoms with E-state index >= 15 is 0 Å². The molecule has 0 aliphatic heterocycles. The topological polar surface area (TPSA) is 67.6 Å². The van der Waals surface area contributed by atoms with E-state index in [0.29, 0.717) is 17.9 Å². The second-order valence-electron chi connectivity index (χ2n) is 5.31. The highest BCUT2D eigenvalue weighted by Gasteiger charge is 2.27. The van der Waals surface area contributed by atoms with E-state index in [0.717, 1.165) is 31.4 Å². The Morgan fingerprint density at radius 3 is 2.81 bits per heavy atom. The van der Waals surface area contributed by atoms with Crippen LogP contribution in [0.4, 0.5) is 11.4 Å². The number of esters is 1. The fraction of sp³-hybridized carbons (Fsp3) is 0.562. The number of benzene rings is 1. The summed E-state index contributed by atoms with van der Waals surface area (Å²) in [5.74, 6) is -0.332. The second kappa shape index (κ2) is 7.31. The van der Waals surface area contributed by atoms with Crippen molar-refractivity contribution in [3.05, 3.63) is 23.8 Å². The van der Waals surface area contributed by atoms with Crippen molar-refractivity contribution in [2.24, 2.45) is 0 Å². The molecule has 0 unspecified atom stereocenters. The molecule has 0 amide bonds. The first kappa shape index (κ1) is 15.6. The number of carbonyl (C=O) groups is 1. The van der Waals surface area contributed by atoms with Gasteiger partial charge in [-0.1, -0.05) is 6.92 Å². The van der Waals surface area contributed by atoms with Crippen LogP contribution in [-0.2, 0) is 4.74 Å². The lowest BCUT2D eigenvalue weighted by Crippen LogP contribution is -2.31. The molecule has 5 heteroatoms. The van der Waals surface area contributed by atoms with Crippen molar-refractivity contribution in [2.45, 2.75) is 32.7 Å². The van der Waals surface area contributed by atoms with Crippen molar-refractivity contribution >= 4 is 17.3 Å². The highest BCUT2D eigenvalue weighted by Crippen LogP contribution is 2.26. The lowest BCUT2D eigenvalue weighted by molar-refractivity contribution is 0.0527. The van der Waals surface area contributed by atoms with Gasteiger partial charge < -0.3 is 15.8 Å². The lowest BCUT2D eigenvalue weighted by Gasteiger charge is -2.20. The predicted octanol–water partition coefficient (Wildman–Crippen LogP) is 2.34. The van der Waals surface area contributed by atoms with Crippen LogP contribution < -0.4 is 11.1 Å². The van der Waals surface area contributed by atoms with E-state index in [1.165, 1.54) is 12.8 Å². The summed E-state index contributed by atoms with van der Waals surface area (Å²) in [6, 6.07) is 6.06. The molecule has 1 aliphatic rings. The molecule has 116 valence electrons. The van der Waals surface area contributed by atoms with Crippen LogP contribution in [0.1, 0.15) is 37.0 Å². The summed E-state index contributed by atoms with van der Waals surface area (Å²) in [4.78, 5) is 14.4. The molecule has 0 saturated heterocycles. The fourth-order valence-corrected chi connectivity index (χ4v) is 2.47. The standard InChI is InChI=1S/C16H25N3O2/c1-3-19(13-6-7-13)10-9-18-15-8-5-12(17)11-14(15)16(20)21-4-2/h5,8,11,13,18H,3-4,6-7,9-10,17H2,1-2H3. The van der Waals surface area contributed by atoms with Crippen molar-refractivity contribution in [1.29, 1.82) is 0 Å². The van der Waals surface area contributed by atoms with E-state index in [1.54, 1.807) is 19.1 Å². The Kier molecular flexibility index (Phi) is 5.44. The molecule has 1 aromatic rings. The van der Waals surface area contributed by atoms with Gasteiger partial charge in [0, 0.05) is 30.5 Å². The highest BCUT2D eigenvalue weighted by molar-refractivity contribution is 5.96. The smallest absolute Gasteiger partial charge is 0.340 e. The normalized spacial score (nSPS) is 14.2. The average Bonchev–Trinajstić information content (AvgIpc) is 3.29. The van der Waals surface area contributed by atoms with Gasteiger partial charge in [0.1, 0.15) is 0 Å². The molecule has 0 bridgehead atoms. The van der Waals surface area contributed by atoms with Gasteiger partial charge in [0.2, 0.25) is 0 Å². The monoisotopic (exact) mass is 291 g/mol. The zero-order chi connectivity index (χ0) is 15.2. The van der Waals surface area contributed by atoms with Crippen molar-refractivity contribution in [2.75, 3.05) is 37.3 Å². The summed E-state index contributed by atoms with van der Waals surface area (Å²) in [5, 5.41) is 3.33. The van der Waals surface area contributed by atoms with Crippen LogP contribution in [-0.4, -0.2) is 43.2 Å². The second-order valence-corrected chi connectivity index (χ2v) is 5.31. The molecule has 1 saturated carbocycles.